The van der Waals surface area contributed by atoms with Crippen LogP contribution in [0.15, 0.2) is 53.9 Å². The standard InChI is InChI=1S/C21H18N2OS/c1-4-12-23(20(24)17-8-6-5-7-9-17)21-22-19(14-25-21)18-11-10-15(2)13-16(18)3/h1,5-11,13-14H,12H2,2-3H3. The zero-order valence-electron chi connectivity index (χ0n) is 14.2. The molecule has 0 N–H and O–H groups in total. The zero-order chi connectivity index (χ0) is 17.8. The molecule has 0 spiro atoms. The van der Waals surface area contributed by atoms with Gasteiger partial charge in [0, 0.05) is 16.5 Å². The van der Waals surface area contributed by atoms with Gasteiger partial charge in [0.2, 0.25) is 0 Å². The van der Waals surface area contributed by atoms with Crippen molar-refractivity contribution in [3.05, 3.63) is 70.6 Å². The summed E-state index contributed by atoms with van der Waals surface area (Å²) in [5.74, 6) is 2.42. The van der Waals surface area contributed by atoms with Gasteiger partial charge in [-0.1, -0.05) is 47.9 Å². The van der Waals surface area contributed by atoms with Gasteiger partial charge < -0.3 is 0 Å². The smallest absolute Gasteiger partial charge is 0.260 e. The number of carbonyl (C=O) groups excluding carboxylic acids is 1. The van der Waals surface area contributed by atoms with Gasteiger partial charge in [0.15, 0.2) is 5.13 Å². The average molecular weight is 346 g/mol. The number of nitrogens with zero attached hydrogens (tertiary/aromatic N) is 2. The van der Waals surface area contributed by atoms with E-state index in [1.54, 1.807) is 17.0 Å². The number of terminal acetylenes is 1. The van der Waals surface area contributed by atoms with Crippen molar-refractivity contribution in [2.45, 2.75) is 13.8 Å². The zero-order valence-corrected chi connectivity index (χ0v) is 15.0. The molecular weight excluding hydrogens is 328 g/mol. The predicted octanol–water partition coefficient (Wildman–Crippen LogP) is 4.71. The van der Waals surface area contributed by atoms with Gasteiger partial charge in [-0.3, -0.25) is 9.69 Å². The van der Waals surface area contributed by atoms with Gasteiger partial charge in [-0.15, -0.1) is 17.8 Å². The number of carbonyl (C=O) groups is 1. The van der Waals surface area contributed by atoms with Gasteiger partial charge in [-0.2, -0.15) is 0 Å². The second-order valence-corrected chi connectivity index (χ2v) is 6.63. The maximum atomic E-state index is 12.8. The molecule has 0 aliphatic carbocycles. The van der Waals surface area contributed by atoms with Gasteiger partial charge in [0.1, 0.15) is 0 Å². The number of hydrogen-bond acceptors (Lipinski definition) is 3. The molecule has 0 atom stereocenters. The predicted molar refractivity (Wildman–Crippen MR) is 104 cm³/mol. The minimum absolute atomic E-state index is 0.139. The number of amides is 1. The molecule has 1 amide bonds. The van der Waals surface area contributed by atoms with E-state index in [2.05, 4.69) is 43.0 Å². The molecule has 0 radical (unpaired) electrons. The van der Waals surface area contributed by atoms with Crippen molar-refractivity contribution in [2.24, 2.45) is 0 Å². The summed E-state index contributed by atoms with van der Waals surface area (Å²) in [6.45, 7) is 4.32. The van der Waals surface area contributed by atoms with Crippen molar-refractivity contribution in [1.29, 1.82) is 0 Å². The van der Waals surface area contributed by atoms with Crippen LogP contribution in [0.5, 0.6) is 0 Å². The Kier molecular flexibility index (Phi) is 4.97. The number of thiazole rings is 1. The lowest BCUT2D eigenvalue weighted by atomic mass is 10.0. The van der Waals surface area contributed by atoms with E-state index in [9.17, 15) is 4.79 Å². The normalized spacial score (nSPS) is 10.3. The molecule has 0 saturated carbocycles. The van der Waals surface area contributed by atoms with Gasteiger partial charge >= 0.3 is 0 Å². The fourth-order valence-electron chi connectivity index (χ4n) is 2.67. The number of aromatic nitrogens is 1. The van der Waals surface area contributed by atoms with Crippen LogP contribution in [0.2, 0.25) is 0 Å². The summed E-state index contributed by atoms with van der Waals surface area (Å²) in [4.78, 5) is 19.0. The van der Waals surface area contributed by atoms with Crippen molar-refractivity contribution in [1.82, 2.24) is 4.98 Å². The van der Waals surface area contributed by atoms with E-state index in [1.165, 1.54) is 16.9 Å². The van der Waals surface area contributed by atoms with E-state index < -0.39 is 0 Å². The molecule has 1 aromatic heterocycles. The third-order valence-electron chi connectivity index (χ3n) is 3.90. The van der Waals surface area contributed by atoms with Crippen LogP contribution in [0.25, 0.3) is 11.3 Å². The molecule has 0 aliphatic rings. The molecule has 1 heterocycles. The molecule has 25 heavy (non-hydrogen) atoms. The summed E-state index contributed by atoms with van der Waals surface area (Å²) in [5, 5.41) is 2.58. The molecule has 0 saturated heterocycles. The van der Waals surface area contributed by atoms with Crippen LogP contribution in [0, 0.1) is 26.2 Å². The Labute approximate surface area is 152 Å². The highest BCUT2D eigenvalue weighted by molar-refractivity contribution is 7.14. The second-order valence-electron chi connectivity index (χ2n) is 5.80. The lowest BCUT2D eigenvalue weighted by Gasteiger charge is -2.17. The average Bonchev–Trinajstić information content (AvgIpc) is 3.09. The lowest BCUT2D eigenvalue weighted by Crippen LogP contribution is -2.31. The van der Waals surface area contributed by atoms with Crippen LogP contribution in [0.4, 0.5) is 5.13 Å². The Balaban J connectivity index is 1.95. The maximum Gasteiger partial charge on any atom is 0.260 e. The molecule has 0 aliphatic heterocycles. The molecule has 3 rings (SSSR count). The third kappa shape index (κ3) is 3.62. The van der Waals surface area contributed by atoms with Crippen LogP contribution in [0.3, 0.4) is 0 Å². The molecular formula is C21H18N2OS. The number of aryl methyl sites for hydroxylation is 2. The Morgan fingerprint density at radius 1 is 1.20 bits per heavy atom. The van der Waals surface area contributed by atoms with Crippen molar-refractivity contribution in [3.8, 4) is 23.6 Å². The van der Waals surface area contributed by atoms with Crippen molar-refractivity contribution in [3.63, 3.8) is 0 Å². The van der Waals surface area contributed by atoms with Gasteiger partial charge in [0.25, 0.3) is 5.91 Å². The first kappa shape index (κ1) is 16.9. The van der Waals surface area contributed by atoms with Crippen LogP contribution in [0.1, 0.15) is 21.5 Å². The van der Waals surface area contributed by atoms with Gasteiger partial charge in [-0.25, -0.2) is 4.98 Å². The summed E-state index contributed by atoms with van der Waals surface area (Å²) in [7, 11) is 0. The first-order valence-corrected chi connectivity index (χ1v) is 8.81. The SMILES string of the molecule is C#CCN(C(=O)c1ccccc1)c1nc(-c2ccc(C)cc2C)cs1. The van der Waals surface area contributed by atoms with E-state index in [0.29, 0.717) is 10.7 Å². The summed E-state index contributed by atoms with van der Waals surface area (Å²) >= 11 is 1.43. The van der Waals surface area contributed by atoms with Gasteiger partial charge in [0.05, 0.1) is 12.2 Å². The summed E-state index contributed by atoms with van der Waals surface area (Å²) in [6, 6.07) is 15.4. The lowest BCUT2D eigenvalue weighted by molar-refractivity contribution is 0.0990. The molecule has 0 unspecified atom stereocenters. The van der Waals surface area contributed by atoms with Gasteiger partial charge in [-0.05, 0) is 31.5 Å². The molecule has 3 aromatic rings. The first-order valence-electron chi connectivity index (χ1n) is 7.93. The van der Waals surface area contributed by atoms with Crippen molar-refractivity contribution < 1.29 is 4.79 Å². The highest BCUT2D eigenvalue weighted by Gasteiger charge is 2.20. The molecule has 4 heteroatoms. The van der Waals surface area contributed by atoms with E-state index in [-0.39, 0.29) is 12.5 Å². The molecule has 124 valence electrons. The van der Waals surface area contributed by atoms with Crippen molar-refractivity contribution in [2.75, 3.05) is 11.4 Å². The van der Waals surface area contributed by atoms with Crippen molar-refractivity contribution >= 4 is 22.4 Å². The number of anilines is 1. The number of benzene rings is 2. The molecule has 0 fully saturated rings. The highest BCUT2D eigenvalue weighted by atomic mass is 32.1. The van der Waals surface area contributed by atoms with Crippen LogP contribution in [-0.2, 0) is 0 Å². The second kappa shape index (κ2) is 7.33. The summed E-state index contributed by atoms with van der Waals surface area (Å²) in [6.07, 6.45) is 5.47. The van der Waals surface area contributed by atoms with E-state index in [1.807, 2.05) is 23.6 Å². The monoisotopic (exact) mass is 346 g/mol. The van der Waals surface area contributed by atoms with E-state index in [0.717, 1.165) is 16.8 Å². The Hall–Kier alpha value is -2.90. The van der Waals surface area contributed by atoms with Crippen LogP contribution >= 0.6 is 11.3 Å². The maximum absolute atomic E-state index is 12.8. The third-order valence-corrected chi connectivity index (χ3v) is 4.76. The van der Waals surface area contributed by atoms with Crippen LogP contribution < -0.4 is 4.90 Å². The topological polar surface area (TPSA) is 33.2 Å². The summed E-state index contributed by atoms with van der Waals surface area (Å²) in [5.41, 5.74) is 4.90. The fourth-order valence-corrected chi connectivity index (χ4v) is 3.49. The minimum atomic E-state index is -0.139. The molecule has 2 aromatic carbocycles. The number of rotatable bonds is 4. The Bertz CT molecular complexity index is 938. The first-order chi connectivity index (χ1) is 12.1. The molecule has 3 nitrogen and oxygen atoms in total. The van der Waals surface area contributed by atoms with Crippen LogP contribution in [-0.4, -0.2) is 17.4 Å². The largest absolute Gasteiger partial charge is 0.272 e. The Morgan fingerprint density at radius 2 is 1.96 bits per heavy atom. The van der Waals surface area contributed by atoms with E-state index in [4.69, 9.17) is 6.42 Å². The minimum Gasteiger partial charge on any atom is -0.272 e. The van der Waals surface area contributed by atoms with E-state index >= 15 is 0 Å². The molecule has 0 bridgehead atoms. The number of hydrogen-bond donors (Lipinski definition) is 0. The highest BCUT2D eigenvalue weighted by Crippen LogP contribution is 2.30. The Morgan fingerprint density at radius 3 is 2.64 bits per heavy atom. The fraction of sp³-hybridized carbons (Fsp3) is 0.143. The summed E-state index contributed by atoms with van der Waals surface area (Å²) < 4.78 is 0. The quantitative estimate of drug-likeness (QED) is 0.641.